The minimum absolute atomic E-state index is 0.103. The van der Waals surface area contributed by atoms with Crippen LogP contribution in [0.2, 0.25) is 5.02 Å². The molecule has 0 saturated heterocycles. The smallest absolute Gasteiger partial charge is 0.230 e. The van der Waals surface area contributed by atoms with Crippen LogP contribution >= 0.6 is 11.6 Å². The van der Waals surface area contributed by atoms with Crippen molar-refractivity contribution in [3.05, 3.63) is 34.7 Å². The van der Waals surface area contributed by atoms with Crippen molar-refractivity contribution in [2.75, 3.05) is 5.73 Å². The number of anilines is 1. The number of aromatic nitrogens is 1. The van der Waals surface area contributed by atoms with Gasteiger partial charge in [-0.3, -0.25) is 0 Å². The van der Waals surface area contributed by atoms with Crippen LogP contribution in [0.4, 0.5) is 10.3 Å². The maximum atomic E-state index is 14.0. The van der Waals surface area contributed by atoms with E-state index in [1.807, 2.05) is 0 Å². The van der Waals surface area contributed by atoms with Gasteiger partial charge in [0.2, 0.25) is 5.88 Å². The molecule has 5 heteroatoms. The summed E-state index contributed by atoms with van der Waals surface area (Å²) in [7, 11) is 0. The Morgan fingerprint density at radius 3 is 2.74 bits per heavy atom. The topological polar surface area (TPSA) is 52.0 Å². The van der Waals surface area contributed by atoms with E-state index >= 15 is 0 Å². The third kappa shape index (κ3) is 2.89. The Labute approximate surface area is 116 Å². The molecular weight excluding hydrogens is 267 g/mol. The summed E-state index contributed by atoms with van der Waals surface area (Å²) in [5, 5.41) is 4.23. The molecule has 102 valence electrons. The summed E-state index contributed by atoms with van der Waals surface area (Å²) in [6.07, 6.45) is 1.60. The number of hydrogen-bond acceptors (Lipinski definition) is 3. The number of nitrogen functional groups attached to an aromatic ring is 1. The van der Waals surface area contributed by atoms with Crippen LogP contribution < -0.4 is 5.73 Å². The Morgan fingerprint density at radius 2 is 2.11 bits per heavy atom. The minimum atomic E-state index is -0.423. The molecule has 0 radical (unpaired) electrons. The SMILES string of the molecule is CC(C)CCc1noc(N)c1-c1c(F)cccc1Cl. The lowest BCUT2D eigenvalue weighted by Gasteiger charge is -2.07. The first-order valence-electron chi connectivity index (χ1n) is 6.19. The summed E-state index contributed by atoms with van der Waals surface area (Å²) >= 11 is 6.06. The Morgan fingerprint density at radius 1 is 1.37 bits per heavy atom. The van der Waals surface area contributed by atoms with Gasteiger partial charge in [-0.1, -0.05) is 36.7 Å². The monoisotopic (exact) mass is 282 g/mol. The third-order valence-electron chi connectivity index (χ3n) is 2.96. The van der Waals surface area contributed by atoms with Gasteiger partial charge in [0.15, 0.2) is 0 Å². The Bertz CT molecular complexity index is 561. The zero-order valence-corrected chi connectivity index (χ0v) is 11.7. The number of nitrogens with two attached hydrogens (primary N) is 1. The van der Waals surface area contributed by atoms with Crippen LogP contribution in [-0.2, 0) is 6.42 Å². The van der Waals surface area contributed by atoms with E-state index in [1.165, 1.54) is 6.07 Å². The second kappa shape index (κ2) is 5.61. The second-order valence-electron chi connectivity index (χ2n) is 4.90. The Kier molecular flexibility index (Phi) is 4.10. The normalized spacial score (nSPS) is 11.2. The summed E-state index contributed by atoms with van der Waals surface area (Å²) in [5.74, 6) is 0.195. The Balaban J connectivity index is 2.47. The summed E-state index contributed by atoms with van der Waals surface area (Å²) < 4.78 is 19.0. The first kappa shape index (κ1) is 13.9. The molecule has 2 rings (SSSR count). The van der Waals surface area contributed by atoms with E-state index in [0.29, 0.717) is 28.6 Å². The average molecular weight is 283 g/mol. The minimum Gasteiger partial charge on any atom is -0.367 e. The lowest BCUT2D eigenvalue weighted by molar-refractivity contribution is 0.423. The lowest BCUT2D eigenvalue weighted by atomic mass is 9.99. The van der Waals surface area contributed by atoms with Gasteiger partial charge in [0.25, 0.3) is 0 Å². The van der Waals surface area contributed by atoms with Crippen LogP contribution in [0, 0.1) is 11.7 Å². The van der Waals surface area contributed by atoms with E-state index in [0.717, 1.165) is 6.42 Å². The zero-order chi connectivity index (χ0) is 14.0. The van der Waals surface area contributed by atoms with E-state index in [1.54, 1.807) is 12.1 Å². The fourth-order valence-electron chi connectivity index (χ4n) is 1.94. The molecule has 0 fully saturated rings. The maximum Gasteiger partial charge on any atom is 0.230 e. The zero-order valence-electron chi connectivity index (χ0n) is 10.9. The van der Waals surface area contributed by atoms with Gasteiger partial charge in [-0.2, -0.15) is 0 Å². The maximum absolute atomic E-state index is 14.0. The van der Waals surface area contributed by atoms with E-state index < -0.39 is 5.82 Å². The number of benzene rings is 1. The van der Waals surface area contributed by atoms with Gasteiger partial charge in [-0.25, -0.2) is 4.39 Å². The molecule has 1 aromatic carbocycles. The summed E-state index contributed by atoms with van der Waals surface area (Å²) in [4.78, 5) is 0. The molecule has 0 aliphatic rings. The highest BCUT2D eigenvalue weighted by Crippen LogP contribution is 2.37. The van der Waals surface area contributed by atoms with E-state index in [-0.39, 0.29) is 11.4 Å². The predicted molar refractivity (Wildman–Crippen MR) is 74.5 cm³/mol. The van der Waals surface area contributed by atoms with Gasteiger partial charge in [-0.05, 0) is 30.9 Å². The molecular formula is C14H16ClFN2O. The van der Waals surface area contributed by atoms with Crippen molar-refractivity contribution in [3.8, 4) is 11.1 Å². The molecule has 0 atom stereocenters. The van der Waals surface area contributed by atoms with Crippen molar-refractivity contribution in [1.82, 2.24) is 5.16 Å². The van der Waals surface area contributed by atoms with Gasteiger partial charge < -0.3 is 10.3 Å². The van der Waals surface area contributed by atoms with E-state index in [2.05, 4.69) is 19.0 Å². The highest BCUT2D eigenvalue weighted by molar-refractivity contribution is 6.33. The van der Waals surface area contributed by atoms with Crippen LogP contribution in [0.5, 0.6) is 0 Å². The average Bonchev–Trinajstić information content (AvgIpc) is 2.69. The molecule has 3 nitrogen and oxygen atoms in total. The van der Waals surface area contributed by atoms with Gasteiger partial charge in [0, 0.05) is 5.56 Å². The van der Waals surface area contributed by atoms with Crippen molar-refractivity contribution in [3.63, 3.8) is 0 Å². The highest BCUT2D eigenvalue weighted by atomic mass is 35.5. The quantitative estimate of drug-likeness (QED) is 0.909. The number of aryl methyl sites for hydroxylation is 1. The first-order valence-corrected chi connectivity index (χ1v) is 6.57. The molecule has 2 N–H and O–H groups in total. The van der Waals surface area contributed by atoms with Gasteiger partial charge in [0.05, 0.1) is 16.3 Å². The molecule has 1 aromatic heterocycles. The molecule has 1 heterocycles. The standard InChI is InChI=1S/C14H16ClFN2O/c1-8(2)6-7-11-13(14(17)19-18-11)12-9(15)4-3-5-10(12)16/h3-5,8H,6-7,17H2,1-2H3. The van der Waals surface area contributed by atoms with Crippen LogP contribution in [-0.4, -0.2) is 5.16 Å². The number of nitrogens with zero attached hydrogens (tertiary/aromatic N) is 1. The third-order valence-corrected chi connectivity index (χ3v) is 3.28. The first-order chi connectivity index (χ1) is 9.00. The number of hydrogen-bond donors (Lipinski definition) is 1. The van der Waals surface area contributed by atoms with E-state index in [9.17, 15) is 4.39 Å². The van der Waals surface area contributed by atoms with E-state index in [4.69, 9.17) is 21.9 Å². The second-order valence-corrected chi connectivity index (χ2v) is 5.30. The Hall–Kier alpha value is -1.55. The van der Waals surface area contributed by atoms with Crippen LogP contribution in [0.1, 0.15) is 26.0 Å². The summed E-state index contributed by atoms with van der Waals surface area (Å²) in [5.41, 5.74) is 7.16. The largest absolute Gasteiger partial charge is 0.367 e. The fourth-order valence-corrected chi connectivity index (χ4v) is 2.20. The molecule has 0 saturated carbocycles. The molecule has 0 aliphatic heterocycles. The molecule has 0 spiro atoms. The van der Waals surface area contributed by atoms with Gasteiger partial charge >= 0.3 is 0 Å². The van der Waals surface area contributed by atoms with Crippen LogP contribution in [0.3, 0.4) is 0 Å². The van der Waals surface area contributed by atoms with Crippen LogP contribution in [0.25, 0.3) is 11.1 Å². The number of halogens is 2. The highest BCUT2D eigenvalue weighted by Gasteiger charge is 2.21. The van der Waals surface area contributed by atoms with Crippen molar-refractivity contribution in [2.24, 2.45) is 5.92 Å². The molecule has 0 amide bonds. The molecule has 0 aliphatic carbocycles. The van der Waals surface area contributed by atoms with Crippen molar-refractivity contribution < 1.29 is 8.91 Å². The van der Waals surface area contributed by atoms with Crippen LogP contribution in [0.15, 0.2) is 22.7 Å². The molecule has 2 aromatic rings. The molecule has 19 heavy (non-hydrogen) atoms. The summed E-state index contributed by atoms with van der Waals surface area (Å²) in [6, 6.07) is 4.52. The van der Waals surface area contributed by atoms with Gasteiger partial charge in [0.1, 0.15) is 5.82 Å². The molecule has 0 bridgehead atoms. The van der Waals surface area contributed by atoms with Gasteiger partial charge in [-0.15, -0.1) is 0 Å². The van der Waals surface area contributed by atoms with Crippen molar-refractivity contribution in [2.45, 2.75) is 26.7 Å². The lowest BCUT2D eigenvalue weighted by Crippen LogP contribution is -1.97. The van der Waals surface area contributed by atoms with Crippen molar-refractivity contribution >= 4 is 17.5 Å². The van der Waals surface area contributed by atoms with Crippen molar-refractivity contribution in [1.29, 1.82) is 0 Å². The summed E-state index contributed by atoms with van der Waals surface area (Å²) in [6.45, 7) is 4.22. The fraction of sp³-hybridized carbons (Fsp3) is 0.357. The molecule has 0 unspecified atom stereocenters. The number of rotatable bonds is 4. The predicted octanol–water partition coefficient (Wildman–Crippen LogP) is 4.30.